The van der Waals surface area contributed by atoms with E-state index >= 15 is 0 Å². The van der Waals surface area contributed by atoms with Crippen molar-refractivity contribution in [3.05, 3.63) is 71.4 Å². The van der Waals surface area contributed by atoms with Gasteiger partial charge < -0.3 is 10.1 Å². The molecule has 2 aromatic carbocycles. The largest absolute Gasteiger partial charge is 0.497 e. The number of benzene rings is 2. The van der Waals surface area contributed by atoms with E-state index in [1.165, 1.54) is 0 Å². The Morgan fingerprint density at radius 2 is 1.97 bits per heavy atom. The lowest BCUT2D eigenvalue weighted by Crippen LogP contribution is -2.14. The van der Waals surface area contributed by atoms with Crippen molar-refractivity contribution in [3.63, 3.8) is 0 Å². The van der Waals surface area contributed by atoms with Gasteiger partial charge in [0.25, 0.3) is 5.91 Å². The summed E-state index contributed by atoms with van der Waals surface area (Å²) in [7, 11) is 3.40. The Kier molecular flexibility index (Phi) is 4.90. The molecule has 0 aliphatic rings. The number of amides is 1. The minimum absolute atomic E-state index is 0.328. The predicted octanol–water partition coefficient (Wildman–Crippen LogP) is 4.08. The number of pyridine rings is 1. The number of nitrogens with zero attached hydrogens (tertiary/aromatic N) is 4. The van der Waals surface area contributed by atoms with Gasteiger partial charge in [-0.2, -0.15) is 10.4 Å². The molecular formula is C23H19N5O2. The van der Waals surface area contributed by atoms with Gasteiger partial charge in [0.05, 0.1) is 40.7 Å². The monoisotopic (exact) mass is 397 g/mol. The van der Waals surface area contributed by atoms with Crippen LogP contribution >= 0.6 is 0 Å². The highest BCUT2D eigenvalue weighted by Gasteiger charge is 2.20. The molecule has 4 rings (SSSR count). The van der Waals surface area contributed by atoms with Gasteiger partial charge >= 0.3 is 0 Å². The van der Waals surface area contributed by atoms with Crippen LogP contribution in [0.5, 0.6) is 5.75 Å². The summed E-state index contributed by atoms with van der Waals surface area (Å²) in [6.45, 7) is 1.84. The van der Waals surface area contributed by atoms with Crippen LogP contribution in [-0.2, 0) is 7.05 Å². The number of aromatic nitrogens is 3. The van der Waals surface area contributed by atoms with E-state index in [2.05, 4.69) is 16.5 Å². The van der Waals surface area contributed by atoms with E-state index in [-0.39, 0.29) is 5.91 Å². The van der Waals surface area contributed by atoms with Crippen molar-refractivity contribution >= 4 is 22.6 Å². The minimum atomic E-state index is -0.328. The van der Waals surface area contributed by atoms with Crippen LogP contribution in [-0.4, -0.2) is 27.8 Å². The molecule has 0 atom stereocenters. The maximum atomic E-state index is 13.3. The minimum Gasteiger partial charge on any atom is -0.497 e. The first kappa shape index (κ1) is 19.2. The van der Waals surface area contributed by atoms with Gasteiger partial charge in [-0.05, 0) is 37.3 Å². The first-order chi connectivity index (χ1) is 14.5. The molecule has 0 aliphatic heterocycles. The maximum Gasteiger partial charge on any atom is 0.256 e. The highest BCUT2D eigenvalue weighted by molar-refractivity contribution is 6.13. The third kappa shape index (κ3) is 3.35. The second kappa shape index (κ2) is 7.68. The summed E-state index contributed by atoms with van der Waals surface area (Å²) < 4.78 is 6.98. The summed E-state index contributed by atoms with van der Waals surface area (Å²) in [6, 6.07) is 18.2. The lowest BCUT2D eigenvalue weighted by Gasteiger charge is -2.11. The smallest absolute Gasteiger partial charge is 0.256 e. The number of para-hydroxylation sites is 1. The molecule has 0 radical (unpaired) electrons. The Balaban J connectivity index is 1.87. The first-order valence-corrected chi connectivity index (χ1v) is 9.31. The summed E-state index contributed by atoms with van der Waals surface area (Å²) in [5.74, 6) is 0.370. The molecule has 148 valence electrons. The number of methoxy groups -OCH3 is 1. The zero-order chi connectivity index (χ0) is 21.3. The molecule has 0 unspecified atom stereocenters. The Bertz CT molecular complexity index is 1320. The van der Waals surface area contributed by atoms with Crippen molar-refractivity contribution < 1.29 is 9.53 Å². The highest BCUT2D eigenvalue weighted by Crippen LogP contribution is 2.29. The normalized spacial score (nSPS) is 10.6. The maximum absolute atomic E-state index is 13.3. The van der Waals surface area contributed by atoms with Gasteiger partial charge in [-0.15, -0.1) is 0 Å². The molecule has 2 heterocycles. The van der Waals surface area contributed by atoms with Crippen LogP contribution in [0.25, 0.3) is 22.3 Å². The van der Waals surface area contributed by atoms with Crippen molar-refractivity contribution in [3.8, 4) is 23.1 Å². The Morgan fingerprint density at radius 1 is 1.17 bits per heavy atom. The van der Waals surface area contributed by atoms with Crippen LogP contribution in [0.2, 0.25) is 0 Å². The van der Waals surface area contributed by atoms with E-state index in [1.807, 2.05) is 31.2 Å². The third-order valence-electron chi connectivity index (χ3n) is 4.87. The average molecular weight is 397 g/mol. The van der Waals surface area contributed by atoms with Gasteiger partial charge in [0.2, 0.25) is 0 Å². The Hall–Kier alpha value is -4.18. The number of hydrogen-bond donors (Lipinski definition) is 1. The zero-order valence-electron chi connectivity index (χ0n) is 16.8. The number of carbonyl (C=O) groups is 1. The fraction of sp³-hybridized carbons (Fsp3) is 0.130. The van der Waals surface area contributed by atoms with Crippen LogP contribution in [0.1, 0.15) is 21.6 Å². The van der Waals surface area contributed by atoms with Crippen LogP contribution in [0.3, 0.4) is 0 Å². The second-order valence-corrected chi connectivity index (χ2v) is 6.81. The quantitative estimate of drug-likeness (QED) is 0.560. The molecule has 0 saturated heterocycles. The summed E-state index contributed by atoms with van der Waals surface area (Å²) >= 11 is 0. The second-order valence-electron chi connectivity index (χ2n) is 6.81. The van der Waals surface area contributed by atoms with E-state index < -0.39 is 0 Å². The van der Waals surface area contributed by atoms with Gasteiger partial charge in [0.15, 0.2) is 5.65 Å². The Labute approximate surface area is 173 Å². The molecule has 7 nitrogen and oxygen atoms in total. The van der Waals surface area contributed by atoms with E-state index in [0.29, 0.717) is 45.0 Å². The molecule has 30 heavy (non-hydrogen) atoms. The number of nitrogens with one attached hydrogen (secondary N) is 1. The molecule has 1 N–H and O–H groups in total. The average Bonchev–Trinajstić information content (AvgIpc) is 3.07. The topological polar surface area (TPSA) is 92.8 Å². The lowest BCUT2D eigenvalue weighted by molar-refractivity contribution is 0.102. The van der Waals surface area contributed by atoms with Crippen LogP contribution in [0.15, 0.2) is 54.6 Å². The lowest BCUT2D eigenvalue weighted by atomic mass is 10.0. The SMILES string of the molecule is COc1cccc(-c2cc(C(=O)Nc3ccccc3C#N)c3c(C)nn(C)c3n2)c1. The van der Waals surface area contributed by atoms with Gasteiger partial charge in [-0.25, -0.2) is 4.98 Å². The molecular weight excluding hydrogens is 378 g/mol. The van der Waals surface area contributed by atoms with Crippen LogP contribution < -0.4 is 10.1 Å². The van der Waals surface area contributed by atoms with Gasteiger partial charge in [-0.3, -0.25) is 9.48 Å². The molecule has 2 aromatic heterocycles. The van der Waals surface area contributed by atoms with Crippen LogP contribution in [0, 0.1) is 18.3 Å². The van der Waals surface area contributed by atoms with Crippen molar-refractivity contribution in [2.45, 2.75) is 6.92 Å². The third-order valence-corrected chi connectivity index (χ3v) is 4.87. The van der Waals surface area contributed by atoms with E-state index in [9.17, 15) is 10.1 Å². The molecule has 0 fully saturated rings. The number of ether oxygens (including phenoxy) is 1. The number of anilines is 1. The standard InChI is InChI=1S/C23H19N5O2/c1-14-21-18(23(29)26-19-10-5-4-7-16(19)13-24)12-20(25-22(21)28(2)27-14)15-8-6-9-17(11-15)30-3/h4-12H,1-3H3,(H,26,29). The summed E-state index contributed by atoms with van der Waals surface area (Å²) in [5.41, 5.74) is 4.05. The van der Waals surface area contributed by atoms with Crippen molar-refractivity contribution in [2.75, 3.05) is 12.4 Å². The Morgan fingerprint density at radius 3 is 2.73 bits per heavy atom. The van der Waals surface area contributed by atoms with E-state index in [4.69, 9.17) is 9.72 Å². The van der Waals surface area contributed by atoms with Crippen LogP contribution in [0.4, 0.5) is 5.69 Å². The van der Waals surface area contributed by atoms with Crippen molar-refractivity contribution in [1.82, 2.24) is 14.8 Å². The molecule has 7 heteroatoms. The first-order valence-electron chi connectivity index (χ1n) is 9.31. The molecule has 0 spiro atoms. The van der Waals surface area contributed by atoms with Gasteiger partial charge in [-0.1, -0.05) is 24.3 Å². The number of fused-ring (bicyclic) bond motifs is 1. The number of carbonyl (C=O) groups excluding carboxylic acids is 1. The predicted molar refractivity (Wildman–Crippen MR) is 114 cm³/mol. The number of hydrogen-bond acceptors (Lipinski definition) is 5. The van der Waals surface area contributed by atoms with E-state index in [1.54, 1.807) is 49.2 Å². The van der Waals surface area contributed by atoms with Crippen molar-refractivity contribution in [2.24, 2.45) is 7.05 Å². The van der Waals surface area contributed by atoms with Gasteiger partial charge in [0, 0.05) is 12.6 Å². The van der Waals surface area contributed by atoms with Gasteiger partial charge in [0.1, 0.15) is 11.8 Å². The number of rotatable bonds is 4. The molecule has 0 saturated carbocycles. The highest BCUT2D eigenvalue weighted by atomic mass is 16.5. The summed E-state index contributed by atoms with van der Waals surface area (Å²) in [6.07, 6.45) is 0. The van der Waals surface area contributed by atoms with E-state index in [0.717, 1.165) is 5.56 Å². The summed E-state index contributed by atoms with van der Waals surface area (Å²) in [4.78, 5) is 18.0. The number of aryl methyl sites for hydroxylation is 2. The fourth-order valence-electron chi connectivity index (χ4n) is 3.43. The van der Waals surface area contributed by atoms with Crippen molar-refractivity contribution in [1.29, 1.82) is 5.26 Å². The fourth-order valence-corrected chi connectivity index (χ4v) is 3.43. The molecule has 0 aliphatic carbocycles. The summed E-state index contributed by atoms with van der Waals surface area (Å²) in [5, 5.41) is 17.3. The molecule has 1 amide bonds. The molecule has 0 bridgehead atoms. The zero-order valence-corrected chi connectivity index (χ0v) is 16.8. The molecule has 4 aromatic rings. The number of nitriles is 1.